The second-order valence-electron chi connectivity index (χ2n) is 4.08. The summed E-state index contributed by atoms with van der Waals surface area (Å²) in [5.74, 6) is 0.765. The molecule has 1 aromatic carbocycles. The first-order valence-corrected chi connectivity index (χ1v) is 6.99. The summed E-state index contributed by atoms with van der Waals surface area (Å²) in [5, 5.41) is 3.04. The zero-order valence-electron chi connectivity index (χ0n) is 9.21. The summed E-state index contributed by atoms with van der Waals surface area (Å²) in [7, 11) is 0. The molecule has 1 N–H and O–H groups in total. The predicted molar refractivity (Wildman–Crippen MR) is 68.7 cm³/mol. The molecule has 92 valence electrons. The Hall–Kier alpha value is -0.740. The monoisotopic (exact) mass is 273 g/mol. The average molecular weight is 274 g/mol. The number of carbonyl (C=O) groups is 1. The van der Waals surface area contributed by atoms with Crippen molar-refractivity contribution in [3.8, 4) is 0 Å². The Labute approximate surface area is 109 Å². The van der Waals surface area contributed by atoms with Crippen LogP contribution in [0.1, 0.15) is 18.4 Å². The molecule has 0 saturated heterocycles. The first-order valence-electron chi connectivity index (χ1n) is 5.46. The highest BCUT2D eigenvalue weighted by Gasteiger charge is 2.22. The predicted octanol–water partition coefficient (Wildman–Crippen LogP) is 2.99. The summed E-state index contributed by atoms with van der Waals surface area (Å²) in [6.45, 7) is 0. The number of benzene rings is 1. The van der Waals surface area contributed by atoms with E-state index < -0.39 is 5.82 Å². The molecule has 0 unspecified atom stereocenters. The molecule has 1 amide bonds. The van der Waals surface area contributed by atoms with Crippen LogP contribution in [0.2, 0.25) is 5.02 Å². The van der Waals surface area contributed by atoms with Gasteiger partial charge < -0.3 is 5.32 Å². The van der Waals surface area contributed by atoms with Gasteiger partial charge >= 0.3 is 0 Å². The lowest BCUT2D eigenvalue weighted by atomic mass is 10.2. The second kappa shape index (κ2) is 5.74. The van der Waals surface area contributed by atoms with Gasteiger partial charge in [-0.25, -0.2) is 4.39 Å². The van der Waals surface area contributed by atoms with Gasteiger partial charge in [-0.3, -0.25) is 4.79 Å². The average Bonchev–Trinajstić information content (AvgIpc) is 3.07. The Morgan fingerprint density at radius 1 is 1.53 bits per heavy atom. The van der Waals surface area contributed by atoms with E-state index in [0.29, 0.717) is 17.5 Å². The molecule has 0 radical (unpaired) electrons. The van der Waals surface area contributed by atoms with E-state index in [0.717, 1.165) is 18.4 Å². The van der Waals surface area contributed by atoms with Crippen LogP contribution in [0.15, 0.2) is 18.2 Å². The Bertz CT molecular complexity index is 423. The second-order valence-corrected chi connectivity index (χ2v) is 5.48. The zero-order valence-corrected chi connectivity index (χ0v) is 10.8. The fourth-order valence-corrected chi connectivity index (χ4v) is 2.38. The van der Waals surface area contributed by atoms with E-state index in [1.807, 2.05) is 0 Å². The molecule has 0 heterocycles. The number of thioether (sulfide) groups is 1. The molecule has 2 rings (SSSR count). The Balaban J connectivity index is 1.73. The maximum absolute atomic E-state index is 12.9. The summed E-state index contributed by atoms with van der Waals surface area (Å²) in [5.41, 5.74) is 0.931. The van der Waals surface area contributed by atoms with Crippen molar-refractivity contribution in [3.05, 3.63) is 34.6 Å². The third kappa shape index (κ3) is 4.21. The van der Waals surface area contributed by atoms with Gasteiger partial charge in [-0.1, -0.05) is 17.7 Å². The molecule has 1 aliphatic carbocycles. The van der Waals surface area contributed by atoms with Crippen LogP contribution in [0, 0.1) is 5.82 Å². The summed E-state index contributed by atoms with van der Waals surface area (Å²) in [6.07, 6.45) is 2.20. The van der Waals surface area contributed by atoms with Crippen LogP contribution in [-0.2, 0) is 10.5 Å². The van der Waals surface area contributed by atoms with Crippen molar-refractivity contribution >= 4 is 29.3 Å². The maximum Gasteiger partial charge on any atom is 0.230 e. The summed E-state index contributed by atoms with van der Waals surface area (Å²) >= 11 is 7.17. The highest BCUT2D eigenvalue weighted by atomic mass is 35.5. The fourth-order valence-electron chi connectivity index (χ4n) is 1.39. The molecule has 0 bridgehead atoms. The van der Waals surface area contributed by atoms with Crippen molar-refractivity contribution in [1.82, 2.24) is 5.32 Å². The lowest BCUT2D eigenvalue weighted by Gasteiger charge is -2.04. The van der Waals surface area contributed by atoms with Crippen LogP contribution in [0.4, 0.5) is 4.39 Å². The number of hydrogen-bond donors (Lipinski definition) is 1. The highest BCUT2D eigenvalue weighted by Crippen LogP contribution is 2.21. The minimum atomic E-state index is -0.410. The third-order valence-corrected chi connectivity index (χ3v) is 3.72. The number of rotatable bonds is 5. The van der Waals surface area contributed by atoms with Crippen LogP contribution in [0.5, 0.6) is 0 Å². The summed E-state index contributed by atoms with van der Waals surface area (Å²) in [6, 6.07) is 5.04. The van der Waals surface area contributed by atoms with E-state index in [1.165, 1.54) is 17.8 Å². The van der Waals surface area contributed by atoms with Crippen molar-refractivity contribution < 1.29 is 9.18 Å². The molecule has 1 aliphatic rings. The standard InChI is InChI=1S/C12H13ClFNOS/c13-10-5-8(1-4-11(10)14)6-17-7-12(16)15-9-2-3-9/h1,4-5,9H,2-3,6-7H2,(H,15,16). The molecule has 0 spiro atoms. The zero-order chi connectivity index (χ0) is 12.3. The third-order valence-electron chi connectivity index (χ3n) is 2.43. The largest absolute Gasteiger partial charge is 0.353 e. The Morgan fingerprint density at radius 2 is 2.29 bits per heavy atom. The van der Waals surface area contributed by atoms with Gasteiger partial charge in [0.15, 0.2) is 0 Å². The lowest BCUT2D eigenvalue weighted by Crippen LogP contribution is -2.27. The van der Waals surface area contributed by atoms with Gasteiger partial charge in [0, 0.05) is 11.8 Å². The van der Waals surface area contributed by atoms with E-state index in [-0.39, 0.29) is 10.9 Å². The molecule has 2 nitrogen and oxygen atoms in total. The smallest absolute Gasteiger partial charge is 0.230 e. The van der Waals surface area contributed by atoms with E-state index in [2.05, 4.69) is 5.32 Å². The van der Waals surface area contributed by atoms with Crippen LogP contribution in [-0.4, -0.2) is 17.7 Å². The fraction of sp³-hybridized carbons (Fsp3) is 0.417. The van der Waals surface area contributed by atoms with Crippen molar-refractivity contribution in [2.45, 2.75) is 24.6 Å². The van der Waals surface area contributed by atoms with Crippen LogP contribution in [0.3, 0.4) is 0 Å². The van der Waals surface area contributed by atoms with Crippen molar-refractivity contribution in [2.75, 3.05) is 5.75 Å². The van der Waals surface area contributed by atoms with Gasteiger partial charge in [0.1, 0.15) is 5.82 Å². The number of hydrogen-bond acceptors (Lipinski definition) is 2. The molecule has 0 aromatic heterocycles. The molecule has 5 heteroatoms. The van der Waals surface area contributed by atoms with Crippen molar-refractivity contribution in [3.63, 3.8) is 0 Å². The molecular weight excluding hydrogens is 261 g/mol. The Kier molecular flexibility index (Phi) is 4.29. The van der Waals surface area contributed by atoms with Crippen LogP contribution in [0.25, 0.3) is 0 Å². The molecular formula is C12H13ClFNOS. The number of nitrogens with one attached hydrogen (secondary N) is 1. The first kappa shape index (κ1) is 12.7. The first-order chi connectivity index (χ1) is 8.15. The molecule has 17 heavy (non-hydrogen) atoms. The Morgan fingerprint density at radius 3 is 2.94 bits per heavy atom. The SMILES string of the molecule is O=C(CSCc1ccc(F)c(Cl)c1)NC1CC1. The van der Waals surface area contributed by atoms with Gasteiger partial charge in [0.25, 0.3) is 0 Å². The molecule has 0 aliphatic heterocycles. The summed E-state index contributed by atoms with van der Waals surface area (Å²) < 4.78 is 12.9. The van der Waals surface area contributed by atoms with Gasteiger partial charge in [-0.2, -0.15) is 0 Å². The molecule has 1 fully saturated rings. The van der Waals surface area contributed by atoms with Crippen molar-refractivity contribution in [2.24, 2.45) is 0 Å². The number of carbonyl (C=O) groups excluding carboxylic acids is 1. The lowest BCUT2D eigenvalue weighted by molar-refractivity contribution is -0.118. The minimum absolute atomic E-state index is 0.0747. The van der Waals surface area contributed by atoms with E-state index in [1.54, 1.807) is 12.1 Å². The molecule has 1 aromatic rings. The molecule has 1 saturated carbocycles. The summed E-state index contributed by atoms with van der Waals surface area (Å²) in [4.78, 5) is 11.4. The quantitative estimate of drug-likeness (QED) is 0.894. The maximum atomic E-state index is 12.9. The van der Waals surface area contributed by atoms with E-state index in [9.17, 15) is 9.18 Å². The topological polar surface area (TPSA) is 29.1 Å². The van der Waals surface area contributed by atoms with Gasteiger partial charge in [0.05, 0.1) is 10.8 Å². The van der Waals surface area contributed by atoms with Gasteiger partial charge in [0.2, 0.25) is 5.91 Å². The van der Waals surface area contributed by atoms with Gasteiger partial charge in [-0.05, 0) is 30.5 Å². The highest BCUT2D eigenvalue weighted by molar-refractivity contribution is 7.99. The van der Waals surface area contributed by atoms with E-state index >= 15 is 0 Å². The number of amides is 1. The minimum Gasteiger partial charge on any atom is -0.353 e. The van der Waals surface area contributed by atoms with E-state index in [4.69, 9.17) is 11.6 Å². The number of halogens is 2. The van der Waals surface area contributed by atoms with Gasteiger partial charge in [-0.15, -0.1) is 11.8 Å². The normalized spacial score (nSPS) is 14.7. The van der Waals surface area contributed by atoms with Crippen LogP contribution >= 0.6 is 23.4 Å². The van der Waals surface area contributed by atoms with Crippen LogP contribution < -0.4 is 5.32 Å². The molecule has 0 atom stereocenters. The van der Waals surface area contributed by atoms with Crippen molar-refractivity contribution in [1.29, 1.82) is 0 Å².